The number of hydrogen-bond acceptors (Lipinski definition) is 3. The van der Waals surface area contributed by atoms with E-state index >= 15 is 0 Å². The maximum absolute atomic E-state index is 2.78. The second kappa shape index (κ2) is 13.3. The van der Waals surface area contributed by atoms with Crippen LogP contribution in [0.15, 0.2) is 212 Å². The first kappa shape index (κ1) is 33.6. The second-order valence-electron chi connectivity index (χ2n) is 15.2. The lowest BCUT2D eigenvalue weighted by Gasteiger charge is -2.32. The molecule has 1 aliphatic heterocycles. The molecule has 0 N–H and O–H groups in total. The van der Waals surface area contributed by atoms with E-state index in [1.54, 1.807) is 0 Å². The fourth-order valence-electron chi connectivity index (χ4n) is 9.61. The Morgan fingerprint density at radius 3 is 1.59 bits per heavy atom. The summed E-state index contributed by atoms with van der Waals surface area (Å²) < 4.78 is 5.38. The van der Waals surface area contributed by atoms with Crippen LogP contribution in [0.3, 0.4) is 0 Å². The van der Waals surface area contributed by atoms with E-state index in [1.165, 1.54) is 83.3 Å². The third-order valence-electron chi connectivity index (χ3n) is 12.2. The predicted molar refractivity (Wildman–Crippen MR) is 255 cm³/mol. The molecule has 9 aromatic carbocycles. The van der Waals surface area contributed by atoms with Crippen LogP contribution in [0.25, 0.3) is 62.6 Å². The molecule has 0 atom stereocenters. The Balaban J connectivity index is 1.07. The summed E-state index contributed by atoms with van der Waals surface area (Å²) >= 11 is 3.81. The van der Waals surface area contributed by atoms with Crippen LogP contribution in [-0.2, 0) is 0 Å². The molecule has 12 rings (SSSR count). The zero-order valence-electron chi connectivity index (χ0n) is 31.5. The lowest BCUT2D eigenvalue weighted by atomic mass is 10.0. The quantitative estimate of drug-likeness (QED) is 0.152. The Morgan fingerprint density at radius 1 is 0.345 bits per heavy atom. The zero-order chi connectivity index (χ0) is 38.2. The van der Waals surface area contributed by atoms with Gasteiger partial charge < -0.3 is 4.90 Å². The number of nitrogens with zero attached hydrogens (tertiary/aromatic N) is 1. The molecule has 0 bridgehead atoms. The molecule has 0 aliphatic carbocycles. The molecule has 58 heavy (non-hydrogen) atoms. The molecule has 11 aromatic rings. The summed E-state index contributed by atoms with van der Waals surface area (Å²) in [4.78, 5) is 2.44. The minimum absolute atomic E-state index is 1.13. The molecule has 4 heteroatoms. The Kier molecular flexibility index (Phi) is 7.67. The SMILES string of the molecule is c1ccc(N(c2ccc(-c3ccc4c(c3)sc3ccccc34)cc2)c2ccc3c(c2)[Si](c2ccccc2)(c2ccccc2)c2ccc4c(sc5ccccc54)c2-3)cc1. The van der Waals surface area contributed by atoms with Crippen molar-refractivity contribution in [3.63, 3.8) is 0 Å². The summed E-state index contributed by atoms with van der Waals surface area (Å²) in [5, 5.41) is 11.1. The second-order valence-corrected chi connectivity index (χ2v) is 21.1. The molecular formula is C54H35NS2Si. The molecule has 0 unspecified atom stereocenters. The number of hydrogen-bond donors (Lipinski definition) is 0. The van der Waals surface area contributed by atoms with Gasteiger partial charge in [-0.1, -0.05) is 158 Å². The van der Waals surface area contributed by atoms with Crippen molar-refractivity contribution in [3.05, 3.63) is 212 Å². The lowest BCUT2D eigenvalue weighted by molar-refractivity contribution is 1.29. The monoisotopic (exact) mass is 789 g/mol. The summed E-state index contributed by atoms with van der Waals surface area (Å²) in [5.41, 5.74) is 8.64. The van der Waals surface area contributed by atoms with E-state index in [-0.39, 0.29) is 0 Å². The number of para-hydroxylation sites is 1. The minimum Gasteiger partial charge on any atom is -0.311 e. The summed E-state index contributed by atoms with van der Waals surface area (Å²) in [5.74, 6) is 0. The van der Waals surface area contributed by atoms with Crippen molar-refractivity contribution in [2.75, 3.05) is 4.90 Å². The highest BCUT2D eigenvalue weighted by Crippen LogP contribution is 2.44. The third kappa shape index (κ3) is 4.99. The van der Waals surface area contributed by atoms with Gasteiger partial charge in [-0.15, -0.1) is 22.7 Å². The maximum Gasteiger partial charge on any atom is 0.181 e. The Morgan fingerprint density at radius 2 is 0.879 bits per heavy atom. The topological polar surface area (TPSA) is 3.24 Å². The average Bonchev–Trinajstić information content (AvgIpc) is 3.96. The van der Waals surface area contributed by atoms with Crippen molar-refractivity contribution >= 4 is 109 Å². The Bertz CT molecular complexity index is 3290. The van der Waals surface area contributed by atoms with Crippen LogP contribution in [0.4, 0.5) is 17.1 Å². The van der Waals surface area contributed by atoms with Gasteiger partial charge in [-0.05, 0) is 97.6 Å². The standard InChI is InChI=1S/C54H35NS2Si/c1-4-14-38(15-5-1)55(39-27-24-36(25-28-39)37-26-30-45-43-20-10-12-22-48(43)56-50(45)34-37)40-29-31-47-52(35-40)58(41-16-6-2-7-17-41,42-18-8-3-9-19-42)51-33-32-46-44-21-11-13-23-49(44)57-54(46)53(47)51/h1-35H. The molecule has 0 radical (unpaired) electrons. The minimum atomic E-state index is -2.78. The van der Waals surface area contributed by atoms with Crippen LogP contribution >= 0.6 is 22.7 Å². The van der Waals surface area contributed by atoms with Crippen LogP contribution in [0.2, 0.25) is 0 Å². The van der Waals surface area contributed by atoms with Gasteiger partial charge in [0, 0.05) is 57.4 Å². The first-order valence-electron chi connectivity index (χ1n) is 19.8. The van der Waals surface area contributed by atoms with Crippen molar-refractivity contribution in [2.45, 2.75) is 0 Å². The molecule has 1 aliphatic rings. The highest BCUT2D eigenvalue weighted by molar-refractivity contribution is 7.28. The highest BCUT2D eigenvalue weighted by Gasteiger charge is 2.49. The van der Waals surface area contributed by atoms with Gasteiger partial charge in [-0.2, -0.15) is 0 Å². The molecular weight excluding hydrogens is 755 g/mol. The van der Waals surface area contributed by atoms with Gasteiger partial charge in [0.15, 0.2) is 8.07 Å². The van der Waals surface area contributed by atoms with Crippen molar-refractivity contribution in [1.29, 1.82) is 0 Å². The van der Waals surface area contributed by atoms with Crippen LogP contribution < -0.4 is 25.6 Å². The first-order chi connectivity index (χ1) is 28.8. The largest absolute Gasteiger partial charge is 0.311 e. The smallest absolute Gasteiger partial charge is 0.181 e. The number of thiophene rings is 2. The molecule has 272 valence electrons. The lowest BCUT2D eigenvalue weighted by Crippen LogP contribution is -2.72. The van der Waals surface area contributed by atoms with Gasteiger partial charge >= 0.3 is 0 Å². The molecule has 0 spiro atoms. The molecule has 0 amide bonds. The van der Waals surface area contributed by atoms with E-state index in [4.69, 9.17) is 0 Å². The van der Waals surface area contributed by atoms with Gasteiger partial charge in [0.2, 0.25) is 0 Å². The summed E-state index contributed by atoms with van der Waals surface area (Å²) in [6.07, 6.45) is 0. The number of rotatable bonds is 6. The summed E-state index contributed by atoms with van der Waals surface area (Å²) in [7, 11) is -2.78. The molecule has 0 saturated heterocycles. The first-order valence-corrected chi connectivity index (χ1v) is 23.5. The van der Waals surface area contributed by atoms with Gasteiger partial charge in [0.05, 0.1) is 0 Å². The maximum atomic E-state index is 2.54. The van der Waals surface area contributed by atoms with E-state index in [1.807, 2.05) is 22.7 Å². The fraction of sp³-hybridized carbons (Fsp3) is 0. The number of fused-ring (bicyclic) bond motifs is 10. The fourth-order valence-corrected chi connectivity index (χ4v) is 17.3. The predicted octanol–water partition coefficient (Wildman–Crippen LogP) is 12.9. The van der Waals surface area contributed by atoms with E-state index in [0.717, 1.165) is 17.1 Å². The van der Waals surface area contributed by atoms with Gasteiger partial charge in [0.1, 0.15) is 0 Å². The van der Waals surface area contributed by atoms with Crippen molar-refractivity contribution in [1.82, 2.24) is 0 Å². The van der Waals surface area contributed by atoms with Gasteiger partial charge in [-0.3, -0.25) is 0 Å². The van der Waals surface area contributed by atoms with Crippen molar-refractivity contribution in [2.24, 2.45) is 0 Å². The summed E-state index contributed by atoms with van der Waals surface area (Å²) in [6, 6.07) is 79.5. The highest BCUT2D eigenvalue weighted by atomic mass is 32.1. The summed E-state index contributed by atoms with van der Waals surface area (Å²) in [6.45, 7) is 0. The van der Waals surface area contributed by atoms with E-state index in [9.17, 15) is 0 Å². The molecule has 1 nitrogen and oxygen atoms in total. The normalized spacial score (nSPS) is 13.0. The van der Waals surface area contributed by atoms with Crippen LogP contribution in [0, 0.1) is 0 Å². The van der Waals surface area contributed by atoms with Crippen LogP contribution in [-0.4, -0.2) is 8.07 Å². The number of anilines is 3. The molecule has 3 heterocycles. The van der Waals surface area contributed by atoms with Crippen molar-refractivity contribution in [3.8, 4) is 22.3 Å². The molecule has 0 saturated carbocycles. The third-order valence-corrected chi connectivity index (χ3v) is 19.3. The van der Waals surface area contributed by atoms with Crippen molar-refractivity contribution < 1.29 is 0 Å². The van der Waals surface area contributed by atoms with Gasteiger partial charge in [0.25, 0.3) is 0 Å². The average molecular weight is 790 g/mol. The van der Waals surface area contributed by atoms with E-state index < -0.39 is 8.07 Å². The van der Waals surface area contributed by atoms with E-state index in [0.29, 0.717) is 0 Å². The zero-order valence-corrected chi connectivity index (χ0v) is 34.1. The van der Waals surface area contributed by atoms with Crippen LogP contribution in [0.1, 0.15) is 0 Å². The Labute approximate surface area is 346 Å². The Hall–Kier alpha value is -6.56. The molecule has 0 fully saturated rings. The van der Waals surface area contributed by atoms with Crippen LogP contribution in [0.5, 0.6) is 0 Å². The van der Waals surface area contributed by atoms with Gasteiger partial charge in [-0.25, -0.2) is 0 Å². The van der Waals surface area contributed by atoms with E-state index in [2.05, 4.69) is 217 Å². The number of benzene rings is 9. The molecule has 2 aromatic heterocycles.